The molecule has 0 bridgehead atoms. The Bertz CT molecular complexity index is 1540. The van der Waals surface area contributed by atoms with Crippen LogP contribution in [0.2, 0.25) is 0 Å². The molecule has 3 heterocycles. The molecule has 12 heteroatoms. The molecule has 4 aromatic rings. The number of fused-ring (bicyclic) bond motifs is 1. The van der Waals surface area contributed by atoms with Crippen LogP contribution in [0, 0.1) is 11.3 Å². The monoisotopic (exact) mass is 530 g/mol. The third-order valence-electron chi connectivity index (χ3n) is 7.00. The number of nitrogens with two attached hydrogens (primary N) is 1. The molecule has 200 valence electrons. The van der Waals surface area contributed by atoms with Gasteiger partial charge in [-0.1, -0.05) is 0 Å². The number of nitrogens with zero attached hydrogens (tertiary/aromatic N) is 5. The quantitative estimate of drug-likeness (QED) is 0.239. The fraction of sp³-hybridized carbons (Fsp3) is 0.333. The zero-order chi connectivity index (χ0) is 27.3. The molecule has 2 fully saturated rings. The van der Waals surface area contributed by atoms with Crippen LogP contribution >= 0.6 is 0 Å². The molecule has 2 aromatic heterocycles. The lowest BCUT2D eigenvalue weighted by Crippen LogP contribution is -2.60. The Hall–Kier alpha value is -4.12. The molecule has 5 atom stereocenters. The van der Waals surface area contributed by atoms with Crippen LogP contribution < -0.4 is 10.5 Å². The molecule has 2 aromatic carbocycles. The molecule has 5 unspecified atom stereocenters. The molecule has 1 saturated carbocycles. The first kappa shape index (κ1) is 25.2. The van der Waals surface area contributed by atoms with Crippen molar-refractivity contribution in [2.24, 2.45) is 0 Å². The van der Waals surface area contributed by atoms with Gasteiger partial charge in [0.15, 0.2) is 11.5 Å². The van der Waals surface area contributed by atoms with Gasteiger partial charge in [-0.2, -0.15) is 10.4 Å². The number of aliphatic hydroxyl groups is 4. The van der Waals surface area contributed by atoms with Gasteiger partial charge in [0.2, 0.25) is 6.29 Å². The number of aliphatic hydroxyl groups excluding tert-OH is 4. The Morgan fingerprint density at radius 3 is 2.36 bits per heavy atom. The number of hydrogen-bond donors (Lipinski definition) is 5. The maximum atomic E-state index is 10.2. The van der Waals surface area contributed by atoms with E-state index in [2.05, 4.69) is 11.1 Å². The minimum Gasteiger partial charge on any atom is -0.462 e. The number of benzene rings is 2. The summed E-state index contributed by atoms with van der Waals surface area (Å²) in [5.74, 6) is 1.31. The largest absolute Gasteiger partial charge is 0.462 e. The van der Waals surface area contributed by atoms with E-state index in [9.17, 15) is 20.4 Å². The number of anilines is 1. The second-order valence-electron chi connectivity index (χ2n) is 9.70. The lowest BCUT2D eigenvalue weighted by atomic mass is 9.99. The molecule has 2 aliphatic rings. The Kier molecular flexibility index (Phi) is 6.38. The van der Waals surface area contributed by atoms with Crippen LogP contribution in [0.25, 0.3) is 28.1 Å². The average molecular weight is 531 g/mol. The second kappa shape index (κ2) is 9.88. The number of aromatic nitrogens is 4. The topological polar surface area (TPSA) is 193 Å². The fourth-order valence-electron chi connectivity index (χ4n) is 4.68. The number of nitriles is 1. The second-order valence-corrected chi connectivity index (χ2v) is 9.70. The first-order valence-corrected chi connectivity index (χ1v) is 12.5. The van der Waals surface area contributed by atoms with Gasteiger partial charge in [0.25, 0.3) is 0 Å². The third kappa shape index (κ3) is 4.56. The smallest absolute Gasteiger partial charge is 0.229 e. The molecule has 1 aliphatic carbocycles. The van der Waals surface area contributed by atoms with Crippen molar-refractivity contribution in [1.82, 2.24) is 19.7 Å². The van der Waals surface area contributed by atoms with Crippen molar-refractivity contribution in [3.8, 4) is 28.9 Å². The normalized spacial score (nSPS) is 24.9. The molecule has 12 nitrogen and oxygen atoms in total. The van der Waals surface area contributed by atoms with Gasteiger partial charge >= 0.3 is 0 Å². The summed E-state index contributed by atoms with van der Waals surface area (Å²) in [4.78, 5) is 9.35. The summed E-state index contributed by atoms with van der Waals surface area (Å²) in [5.41, 5.74) is 9.79. The summed E-state index contributed by atoms with van der Waals surface area (Å²) in [6.45, 7) is -0.549. The molecule has 1 aliphatic heterocycles. The summed E-state index contributed by atoms with van der Waals surface area (Å²) in [6, 6.07) is 15.8. The third-order valence-corrected chi connectivity index (χ3v) is 7.00. The van der Waals surface area contributed by atoms with Crippen molar-refractivity contribution < 1.29 is 29.9 Å². The van der Waals surface area contributed by atoms with Crippen LogP contribution in [0.1, 0.15) is 30.0 Å². The van der Waals surface area contributed by atoms with E-state index in [1.807, 2.05) is 12.1 Å². The molecule has 1 saturated heterocycles. The molecule has 0 spiro atoms. The zero-order valence-electron chi connectivity index (χ0n) is 20.6. The van der Waals surface area contributed by atoms with Gasteiger partial charge in [0.1, 0.15) is 36.0 Å². The Morgan fingerprint density at radius 2 is 1.72 bits per heavy atom. The van der Waals surface area contributed by atoms with E-state index >= 15 is 0 Å². The van der Waals surface area contributed by atoms with Crippen molar-refractivity contribution in [3.05, 3.63) is 59.8 Å². The Labute approximate surface area is 222 Å². The maximum Gasteiger partial charge on any atom is 0.229 e. The highest BCUT2D eigenvalue weighted by Gasteiger charge is 2.44. The first-order valence-electron chi connectivity index (χ1n) is 12.5. The maximum absolute atomic E-state index is 10.2. The lowest BCUT2D eigenvalue weighted by Gasteiger charge is -2.39. The highest BCUT2D eigenvalue weighted by molar-refractivity contribution is 5.91. The van der Waals surface area contributed by atoms with E-state index in [0.29, 0.717) is 45.5 Å². The van der Waals surface area contributed by atoms with Crippen LogP contribution in [0.4, 0.5) is 5.82 Å². The summed E-state index contributed by atoms with van der Waals surface area (Å²) >= 11 is 0. The van der Waals surface area contributed by atoms with E-state index in [0.717, 1.165) is 24.2 Å². The highest BCUT2D eigenvalue weighted by Crippen LogP contribution is 2.44. The number of rotatable bonds is 6. The van der Waals surface area contributed by atoms with Gasteiger partial charge in [-0.15, -0.1) is 0 Å². The van der Waals surface area contributed by atoms with Gasteiger partial charge in [0.05, 0.1) is 35.0 Å². The van der Waals surface area contributed by atoms with Gasteiger partial charge in [-0.3, -0.25) is 0 Å². The average Bonchev–Trinajstić information content (AvgIpc) is 3.73. The molecule has 39 heavy (non-hydrogen) atoms. The van der Waals surface area contributed by atoms with Crippen molar-refractivity contribution in [3.63, 3.8) is 0 Å². The van der Waals surface area contributed by atoms with Crippen LogP contribution in [-0.4, -0.2) is 77.5 Å². The van der Waals surface area contributed by atoms with Crippen LogP contribution in [0.5, 0.6) is 5.75 Å². The number of nitrogen functional groups attached to an aromatic ring is 1. The van der Waals surface area contributed by atoms with E-state index in [-0.39, 0.29) is 0 Å². The van der Waals surface area contributed by atoms with Gasteiger partial charge in [-0.05, 0) is 61.4 Å². The van der Waals surface area contributed by atoms with Crippen molar-refractivity contribution >= 4 is 16.9 Å². The predicted molar refractivity (Wildman–Crippen MR) is 138 cm³/mol. The summed E-state index contributed by atoms with van der Waals surface area (Å²) < 4.78 is 12.8. The summed E-state index contributed by atoms with van der Waals surface area (Å²) in [5, 5.41) is 54.3. The number of hydrogen-bond acceptors (Lipinski definition) is 11. The van der Waals surface area contributed by atoms with E-state index < -0.39 is 37.3 Å². The Morgan fingerprint density at radius 1 is 1.00 bits per heavy atom. The van der Waals surface area contributed by atoms with E-state index in [1.54, 1.807) is 41.1 Å². The summed E-state index contributed by atoms with van der Waals surface area (Å²) in [7, 11) is 0. The highest BCUT2D eigenvalue weighted by atomic mass is 16.7. The van der Waals surface area contributed by atoms with Crippen LogP contribution in [0.3, 0.4) is 0 Å². The molecule has 0 amide bonds. The van der Waals surface area contributed by atoms with Gasteiger partial charge in [-0.25, -0.2) is 14.6 Å². The van der Waals surface area contributed by atoms with Crippen molar-refractivity contribution in [2.75, 3.05) is 12.3 Å². The van der Waals surface area contributed by atoms with Crippen LogP contribution in [-0.2, 0) is 4.74 Å². The minimum absolute atomic E-state index is 0.308. The SMILES string of the molecule is N#Cc1ccc(-n2nc(C3CC3)c3c(N)nc(-c4ccc(OC5OC(CO)C(O)C(O)C5O)cc4)nc32)cc1. The molecular weight excluding hydrogens is 504 g/mol. The Balaban J connectivity index is 1.32. The molecule has 6 rings (SSSR count). The molecular formula is C27H26N6O6. The van der Waals surface area contributed by atoms with Crippen molar-refractivity contribution in [1.29, 1.82) is 5.26 Å². The lowest BCUT2D eigenvalue weighted by molar-refractivity contribution is -0.277. The van der Waals surface area contributed by atoms with Crippen LogP contribution in [0.15, 0.2) is 48.5 Å². The zero-order valence-corrected chi connectivity index (χ0v) is 20.6. The van der Waals surface area contributed by atoms with Gasteiger partial charge in [0, 0.05) is 11.5 Å². The standard InChI is InChI=1S/C27H26N6O6/c28-11-13-1-7-16(8-2-13)33-26-19(20(32-33)14-3-4-14)24(29)30-25(31-26)15-5-9-17(10-6-15)38-27-23(37)22(36)21(35)18(12-34)39-27/h1-2,5-10,14,18,21-23,27,34-37H,3-4,12H2,(H2,29,30,31). The van der Waals surface area contributed by atoms with Crippen molar-refractivity contribution in [2.45, 2.75) is 49.5 Å². The fourth-order valence-corrected chi connectivity index (χ4v) is 4.68. The predicted octanol–water partition coefficient (Wildman–Crippen LogP) is 0.992. The van der Waals surface area contributed by atoms with E-state index in [1.165, 1.54) is 0 Å². The van der Waals surface area contributed by atoms with E-state index in [4.69, 9.17) is 30.6 Å². The summed E-state index contributed by atoms with van der Waals surface area (Å²) in [6.07, 6.45) is -4.84. The van der Waals surface area contributed by atoms with Gasteiger partial charge < -0.3 is 35.6 Å². The molecule has 6 N–H and O–H groups in total. The molecule has 0 radical (unpaired) electrons. The first-order chi connectivity index (χ1) is 18.9. The number of ether oxygens (including phenoxy) is 2. The minimum atomic E-state index is -1.54.